The van der Waals surface area contributed by atoms with Crippen molar-refractivity contribution >= 4 is 11.9 Å². The van der Waals surface area contributed by atoms with Crippen LogP contribution in [0.3, 0.4) is 0 Å². The molecule has 2 rings (SSSR count). The van der Waals surface area contributed by atoms with Gasteiger partial charge in [0.2, 0.25) is 11.9 Å². The quantitative estimate of drug-likeness (QED) is 0.795. The second kappa shape index (κ2) is 6.91. The molecule has 0 amide bonds. The van der Waals surface area contributed by atoms with Crippen LogP contribution in [0.25, 0.3) is 0 Å². The van der Waals surface area contributed by atoms with E-state index in [9.17, 15) is 0 Å². The highest BCUT2D eigenvalue weighted by molar-refractivity contribution is 5.38. The molecule has 1 saturated carbocycles. The monoisotopic (exact) mass is 293 g/mol. The third-order valence-corrected chi connectivity index (χ3v) is 3.60. The van der Waals surface area contributed by atoms with Crippen LogP contribution < -0.4 is 15.0 Å². The molecule has 1 N–H and O–H groups in total. The Hall–Kier alpha value is -1.59. The lowest BCUT2D eigenvalue weighted by Crippen LogP contribution is -2.24. The van der Waals surface area contributed by atoms with Crippen LogP contribution in [0.15, 0.2) is 0 Å². The van der Waals surface area contributed by atoms with E-state index in [1.54, 1.807) is 0 Å². The maximum absolute atomic E-state index is 5.64. The molecule has 6 heteroatoms. The molecular formula is C15H27N5O. The second-order valence-electron chi connectivity index (χ2n) is 6.19. The Balaban J connectivity index is 2.12. The predicted octanol–water partition coefficient (Wildman–Crippen LogP) is 2.57. The van der Waals surface area contributed by atoms with Gasteiger partial charge in [-0.1, -0.05) is 13.8 Å². The lowest BCUT2D eigenvalue weighted by molar-refractivity contribution is 0.222. The van der Waals surface area contributed by atoms with Crippen molar-refractivity contribution in [3.05, 3.63) is 0 Å². The number of hydrogen-bond donors (Lipinski definition) is 1. The summed E-state index contributed by atoms with van der Waals surface area (Å²) in [6.45, 7) is 10.2. The Morgan fingerprint density at radius 2 is 2.05 bits per heavy atom. The molecule has 0 bridgehead atoms. The summed E-state index contributed by atoms with van der Waals surface area (Å²) in [6, 6.07) is 0.393. The molecule has 1 aliphatic carbocycles. The fourth-order valence-corrected chi connectivity index (χ4v) is 2.18. The molecule has 1 aliphatic rings. The van der Waals surface area contributed by atoms with Crippen LogP contribution >= 0.6 is 0 Å². The SMILES string of the molecule is CCCNc1nc(OC(C)C)nc(N(C)CC2CC2C)n1. The van der Waals surface area contributed by atoms with E-state index < -0.39 is 0 Å². The minimum atomic E-state index is 0.0491. The van der Waals surface area contributed by atoms with Gasteiger partial charge in [0.1, 0.15) is 0 Å². The van der Waals surface area contributed by atoms with E-state index in [0.29, 0.717) is 17.9 Å². The Morgan fingerprint density at radius 1 is 1.33 bits per heavy atom. The van der Waals surface area contributed by atoms with E-state index in [1.165, 1.54) is 6.42 Å². The number of nitrogens with zero attached hydrogens (tertiary/aromatic N) is 4. The molecular weight excluding hydrogens is 266 g/mol. The molecule has 118 valence electrons. The third-order valence-electron chi connectivity index (χ3n) is 3.60. The minimum absolute atomic E-state index is 0.0491. The van der Waals surface area contributed by atoms with Crippen LogP contribution in [0.4, 0.5) is 11.9 Å². The number of ether oxygens (including phenoxy) is 1. The first-order chi connectivity index (χ1) is 9.99. The average Bonchev–Trinajstić information content (AvgIpc) is 3.10. The summed E-state index contributed by atoms with van der Waals surface area (Å²) in [5, 5.41) is 3.21. The van der Waals surface area contributed by atoms with Gasteiger partial charge < -0.3 is 15.0 Å². The summed E-state index contributed by atoms with van der Waals surface area (Å²) in [7, 11) is 2.03. The largest absolute Gasteiger partial charge is 0.461 e. The zero-order chi connectivity index (χ0) is 15.4. The normalized spacial score (nSPS) is 20.5. The van der Waals surface area contributed by atoms with Crippen molar-refractivity contribution in [2.45, 2.75) is 46.6 Å². The fourth-order valence-electron chi connectivity index (χ4n) is 2.18. The molecule has 2 unspecified atom stereocenters. The molecule has 6 nitrogen and oxygen atoms in total. The molecule has 0 radical (unpaired) electrons. The molecule has 2 atom stereocenters. The number of nitrogens with one attached hydrogen (secondary N) is 1. The van der Waals surface area contributed by atoms with Gasteiger partial charge in [0.05, 0.1) is 6.10 Å². The number of aromatic nitrogens is 3. The molecule has 0 spiro atoms. The summed E-state index contributed by atoms with van der Waals surface area (Å²) in [5.74, 6) is 2.85. The summed E-state index contributed by atoms with van der Waals surface area (Å²) in [6.07, 6.45) is 2.37. The average molecular weight is 293 g/mol. The Labute approximate surface area is 127 Å². The molecule has 1 heterocycles. The minimum Gasteiger partial charge on any atom is -0.461 e. The van der Waals surface area contributed by atoms with Crippen LogP contribution in [0, 0.1) is 11.8 Å². The third kappa shape index (κ3) is 4.72. The first kappa shape index (κ1) is 15.8. The topological polar surface area (TPSA) is 63.2 Å². The Kier molecular flexibility index (Phi) is 5.20. The molecule has 1 fully saturated rings. The molecule has 1 aromatic heterocycles. The Morgan fingerprint density at radius 3 is 2.62 bits per heavy atom. The number of rotatable bonds is 8. The zero-order valence-corrected chi connectivity index (χ0v) is 13.8. The van der Waals surface area contributed by atoms with Crippen LogP contribution in [-0.2, 0) is 0 Å². The molecule has 0 saturated heterocycles. The maximum atomic E-state index is 5.64. The molecule has 1 aromatic rings. The van der Waals surface area contributed by atoms with Gasteiger partial charge >= 0.3 is 6.01 Å². The van der Waals surface area contributed by atoms with Crippen LogP contribution in [-0.4, -0.2) is 41.2 Å². The fraction of sp³-hybridized carbons (Fsp3) is 0.800. The van der Waals surface area contributed by atoms with Gasteiger partial charge in [-0.15, -0.1) is 0 Å². The predicted molar refractivity (Wildman–Crippen MR) is 84.9 cm³/mol. The second-order valence-corrected chi connectivity index (χ2v) is 6.19. The lowest BCUT2D eigenvalue weighted by Gasteiger charge is -2.19. The van der Waals surface area contributed by atoms with Gasteiger partial charge in [0, 0.05) is 20.1 Å². The molecule has 0 aromatic carbocycles. The van der Waals surface area contributed by atoms with Crippen molar-refractivity contribution in [1.82, 2.24) is 15.0 Å². The highest BCUT2D eigenvalue weighted by Gasteiger charge is 2.33. The summed E-state index contributed by atoms with van der Waals surface area (Å²) in [5.41, 5.74) is 0. The van der Waals surface area contributed by atoms with E-state index in [4.69, 9.17) is 4.74 Å². The summed E-state index contributed by atoms with van der Waals surface area (Å²) in [4.78, 5) is 15.3. The highest BCUT2D eigenvalue weighted by Crippen LogP contribution is 2.38. The van der Waals surface area contributed by atoms with Gasteiger partial charge in [-0.05, 0) is 38.5 Å². The highest BCUT2D eigenvalue weighted by atomic mass is 16.5. The van der Waals surface area contributed by atoms with Crippen LogP contribution in [0.5, 0.6) is 6.01 Å². The molecule has 0 aliphatic heterocycles. The first-order valence-electron chi connectivity index (χ1n) is 7.87. The number of anilines is 2. The van der Waals surface area contributed by atoms with Crippen molar-refractivity contribution < 1.29 is 4.74 Å². The van der Waals surface area contributed by atoms with Crippen molar-refractivity contribution in [1.29, 1.82) is 0 Å². The number of hydrogen-bond acceptors (Lipinski definition) is 6. The van der Waals surface area contributed by atoms with E-state index >= 15 is 0 Å². The van der Waals surface area contributed by atoms with Gasteiger partial charge in [-0.25, -0.2) is 0 Å². The van der Waals surface area contributed by atoms with Crippen molar-refractivity contribution in [3.8, 4) is 6.01 Å². The van der Waals surface area contributed by atoms with Crippen molar-refractivity contribution in [2.75, 3.05) is 30.4 Å². The lowest BCUT2D eigenvalue weighted by atomic mass is 10.3. The van der Waals surface area contributed by atoms with Gasteiger partial charge in [0.25, 0.3) is 0 Å². The van der Waals surface area contributed by atoms with Crippen molar-refractivity contribution in [3.63, 3.8) is 0 Å². The molecule has 21 heavy (non-hydrogen) atoms. The summed E-state index contributed by atoms with van der Waals surface area (Å²) < 4.78 is 5.64. The van der Waals surface area contributed by atoms with E-state index in [1.807, 2.05) is 20.9 Å². The Bertz CT molecular complexity index is 465. The van der Waals surface area contributed by atoms with Gasteiger partial charge in [0.15, 0.2) is 0 Å². The van der Waals surface area contributed by atoms with E-state index in [2.05, 4.69) is 39.0 Å². The summed E-state index contributed by atoms with van der Waals surface area (Å²) >= 11 is 0. The van der Waals surface area contributed by atoms with E-state index in [0.717, 1.165) is 31.3 Å². The maximum Gasteiger partial charge on any atom is 0.323 e. The van der Waals surface area contributed by atoms with Gasteiger partial charge in [-0.3, -0.25) is 0 Å². The zero-order valence-electron chi connectivity index (χ0n) is 13.8. The smallest absolute Gasteiger partial charge is 0.323 e. The van der Waals surface area contributed by atoms with E-state index in [-0.39, 0.29) is 6.10 Å². The van der Waals surface area contributed by atoms with Crippen LogP contribution in [0.2, 0.25) is 0 Å². The first-order valence-corrected chi connectivity index (χ1v) is 7.87. The van der Waals surface area contributed by atoms with Crippen molar-refractivity contribution in [2.24, 2.45) is 11.8 Å². The standard InChI is InChI=1S/C15H27N5O/c1-6-7-16-13-17-14(19-15(18-13)21-10(2)3)20(5)9-12-8-11(12)4/h10-12H,6-9H2,1-5H3,(H,16,17,18,19). The van der Waals surface area contributed by atoms with Crippen LogP contribution in [0.1, 0.15) is 40.5 Å². The van der Waals surface area contributed by atoms with Gasteiger partial charge in [-0.2, -0.15) is 15.0 Å².